The molecule has 0 spiro atoms. The van der Waals surface area contributed by atoms with Gasteiger partial charge in [-0.15, -0.1) is 0 Å². The van der Waals surface area contributed by atoms with Gasteiger partial charge in [-0.1, -0.05) is 13.8 Å². The summed E-state index contributed by atoms with van der Waals surface area (Å²) < 4.78 is 0. The zero-order valence-electron chi connectivity index (χ0n) is 12.2. The zero-order chi connectivity index (χ0) is 13.8. The smallest absolute Gasteiger partial charge is 0.323 e. The average Bonchev–Trinajstić information content (AvgIpc) is 2.62. The number of carboxylic acid groups (broad SMARTS) is 1. The van der Waals surface area contributed by atoms with Gasteiger partial charge >= 0.3 is 5.97 Å². The molecule has 0 aromatic carbocycles. The van der Waals surface area contributed by atoms with Crippen molar-refractivity contribution < 1.29 is 9.90 Å². The van der Waals surface area contributed by atoms with Crippen LogP contribution in [0.5, 0.6) is 0 Å². The first-order valence-electron chi connectivity index (χ1n) is 7.11. The number of nitrogens with zero attached hydrogens (tertiary/aromatic N) is 1. The minimum atomic E-state index is -0.790. The Bertz CT molecular complexity index is 283. The van der Waals surface area contributed by atoms with E-state index in [-0.39, 0.29) is 0 Å². The minimum Gasteiger partial charge on any atom is -0.480 e. The maximum atomic E-state index is 11.4. The van der Waals surface area contributed by atoms with Crippen molar-refractivity contribution in [2.75, 3.05) is 19.6 Å². The maximum absolute atomic E-state index is 11.4. The van der Waals surface area contributed by atoms with Gasteiger partial charge in [0.15, 0.2) is 0 Å². The van der Waals surface area contributed by atoms with Gasteiger partial charge in [0.1, 0.15) is 5.54 Å². The van der Waals surface area contributed by atoms with Crippen molar-refractivity contribution in [2.45, 2.75) is 58.5 Å². The van der Waals surface area contributed by atoms with Crippen LogP contribution in [0.4, 0.5) is 0 Å². The van der Waals surface area contributed by atoms with Crippen LogP contribution in [0.2, 0.25) is 0 Å². The molecule has 1 rings (SSSR count). The number of rotatable bonds is 7. The molecule has 0 bridgehead atoms. The molecule has 0 radical (unpaired) electrons. The van der Waals surface area contributed by atoms with Gasteiger partial charge in [-0.3, -0.25) is 4.79 Å². The molecule has 0 amide bonds. The maximum Gasteiger partial charge on any atom is 0.323 e. The molecule has 0 saturated carbocycles. The number of carboxylic acids is 1. The van der Waals surface area contributed by atoms with Crippen molar-refractivity contribution in [3.05, 3.63) is 0 Å². The first-order valence-corrected chi connectivity index (χ1v) is 7.11. The first kappa shape index (κ1) is 15.4. The van der Waals surface area contributed by atoms with E-state index in [0.29, 0.717) is 12.5 Å². The molecule has 1 aliphatic heterocycles. The minimum absolute atomic E-state index is 0.587. The lowest BCUT2D eigenvalue weighted by Gasteiger charge is -2.30. The fraction of sp³-hybridized carbons (Fsp3) is 0.929. The van der Waals surface area contributed by atoms with Crippen LogP contribution < -0.4 is 5.32 Å². The van der Waals surface area contributed by atoms with Crippen molar-refractivity contribution in [2.24, 2.45) is 5.92 Å². The average molecular weight is 256 g/mol. The van der Waals surface area contributed by atoms with E-state index in [0.717, 1.165) is 32.0 Å². The molecule has 1 saturated heterocycles. The predicted octanol–water partition coefficient (Wildman–Crippen LogP) is 1.95. The molecule has 0 aromatic heterocycles. The standard InChI is InChI=1S/C14H28N2O2/c1-5-7-15-14(4,13(17)18)6-8-16-10-11(2)9-12(16)3/h11-12,15H,5-10H2,1-4H3,(H,17,18). The van der Waals surface area contributed by atoms with E-state index in [1.165, 1.54) is 6.42 Å². The van der Waals surface area contributed by atoms with Gasteiger partial charge in [0.25, 0.3) is 0 Å². The molecule has 106 valence electrons. The molecule has 3 unspecified atom stereocenters. The predicted molar refractivity (Wildman–Crippen MR) is 73.8 cm³/mol. The molecule has 2 N–H and O–H groups in total. The lowest BCUT2D eigenvalue weighted by molar-refractivity contribution is -0.144. The third kappa shape index (κ3) is 3.95. The summed E-state index contributed by atoms with van der Waals surface area (Å²) in [6.07, 6.45) is 2.85. The number of carbonyl (C=O) groups is 1. The Labute approximate surface area is 111 Å². The van der Waals surface area contributed by atoms with Gasteiger partial charge < -0.3 is 15.3 Å². The Morgan fingerprint density at radius 1 is 1.50 bits per heavy atom. The molecule has 1 fully saturated rings. The third-order valence-corrected chi connectivity index (χ3v) is 4.05. The highest BCUT2D eigenvalue weighted by Gasteiger charge is 2.34. The van der Waals surface area contributed by atoms with E-state index in [1.54, 1.807) is 6.92 Å². The van der Waals surface area contributed by atoms with Crippen molar-refractivity contribution in [3.63, 3.8) is 0 Å². The highest BCUT2D eigenvalue weighted by Crippen LogP contribution is 2.23. The van der Waals surface area contributed by atoms with Gasteiger partial charge in [0.05, 0.1) is 0 Å². The fourth-order valence-corrected chi connectivity index (χ4v) is 2.74. The molecule has 0 aromatic rings. The molecule has 0 aliphatic carbocycles. The van der Waals surface area contributed by atoms with Gasteiger partial charge in [0.2, 0.25) is 0 Å². The summed E-state index contributed by atoms with van der Waals surface area (Å²) in [5.74, 6) is -0.00414. The van der Waals surface area contributed by atoms with E-state index < -0.39 is 11.5 Å². The summed E-state index contributed by atoms with van der Waals surface area (Å²) in [5, 5.41) is 12.5. The first-order chi connectivity index (χ1) is 8.39. The number of aliphatic carboxylic acids is 1. The summed E-state index contributed by atoms with van der Waals surface area (Å²) in [6, 6.07) is 0.587. The third-order valence-electron chi connectivity index (χ3n) is 4.05. The molecule has 4 heteroatoms. The Kier molecular flexibility index (Phi) is 5.60. The molecular formula is C14H28N2O2. The molecular weight excluding hydrogens is 228 g/mol. The topological polar surface area (TPSA) is 52.6 Å². The molecule has 1 heterocycles. The Morgan fingerprint density at radius 3 is 2.61 bits per heavy atom. The lowest BCUT2D eigenvalue weighted by atomic mass is 9.97. The van der Waals surface area contributed by atoms with Crippen molar-refractivity contribution in [1.82, 2.24) is 10.2 Å². The van der Waals surface area contributed by atoms with Crippen LogP contribution in [-0.4, -0.2) is 47.2 Å². The summed E-state index contributed by atoms with van der Waals surface area (Å²) in [7, 11) is 0. The van der Waals surface area contributed by atoms with E-state index in [1.807, 2.05) is 0 Å². The van der Waals surface area contributed by atoms with Crippen LogP contribution in [0.15, 0.2) is 0 Å². The largest absolute Gasteiger partial charge is 0.480 e. The van der Waals surface area contributed by atoms with Crippen LogP contribution >= 0.6 is 0 Å². The van der Waals surface area contributed by atoms with E-state index in [2.05, 4.69) is 31.0 Å². The van der Waals surface area contributed by atoms with Crippen molar-refractivity contribution in [1.29, 1.82) is 0 Å². The van der Waals surface area contributed by atoms with Crippen molar-refractivity contribution >= 4 is 5.97 Å². The highest BCUT2D eigenvalue weighted by molar-refractivity contribution is 5.78. The van der Waals surface area contributed by atoms with E-state index in [9.17, 15) is 9.90 Å². The SMILES string of the molecule is CCCNC(C)(CCN1CC(C)CC1C)C(=O)O. The second-order valence-electron chi connectivity index (χ2n) is 6.00. The van der Waals surface area contributed by atoms with Crippen LogP contribution in [0, 0.1) is 5.92 Å². The van der Waals surface area contributed by atoms with Gasteiger partial charge in [0, 0.05) is 19.1 Å². The van der Waals surface area contributed by atoms with Crippen LogP contribution in [0.3, 0.4) is 0 Å². The van der Waals surface area contributed by atoms with Crippen LogP contribution in [0.25, 0.3) is 0 Å². The molecule has 4 nitrogen and oxygen atoms in total. The Morgan fingerprint density at radius 2 is 2.17 bits per heavy atom. The van der Waals surface area contributed by atoms with E-state index >= 15 is 0 Å². The second-order valence-corrected chi connectivity index (χ2v) is 6.00. The Hall–Kier alpha value is -0.610. The van der Waals surface area contributed by atoms with Crippen LogP contribution in [0.1, 0.15) is 47.0 Å². The number of hydrogen-bond donors (Lipinski definition) is 2. The normalized spacial score (nSPS) is 28.2. The number of hydrogen-bond acceptors (Lipinski definition) is 3. The van der Waals surface area contributed by atoms with Crippen molar-refractivity contribution in [3.8, 4) is 0 Å². The van der Waals surface area contributed by atoms with Gasteiger partial charge in [-0.2, -0.15) is 0 Å². The summed E-state index contributed by atoms with van der Waals surface area (Å²) in [6.45, 7) is 11.1. The van der Waals surface area contributed by atoms with Gasteiger partial charge in [-0.05, 0) is 45.6 Å². The lowest BCUT2D eigenvalue weighted by Crippen LogP contribution is -2.51. The Balaban J connectivity index is 2.49. The number of likely N-dealkylation sites (tertiary alicyclic amines) is 1. The molecule has 18 heavy (non-hydrogen) atoms. The van der Waals surface area contributed by atoms with Crippen LogP contribution in [-0.2, 0) is 4.79 Å². The van der Waals surface area contributed by atoms with Gasteiger partial charge in [-0.25, -0.2) is 0 Å². The van der Waals surface area contributed by atoms with E-state index in [4.69, 9.17) is 0 Å². The highest BCUT2D eigenvalue weighted by atomic mass is 16.4. The summed E-state index contributed by atoms with van der Waals surface area (Å²) in [4.78, 5) is 13.8. The second kappa shape index (κ2) is 6.53. The summed E-state index contributed by atoms with van der Waals surface area (Å²) >= 11 is 0. The fourth-order valence-electron chi connectivity index (χ4n) is 2.74. The molecule has 1 aliphatic rings. The quantitative estimate of drug-likeness (QED) is 0.731. The zero-order valence-corrected chi connectivity index (χ0v) is 12.2. The monoisotopic (exact) mass is 256 g/mol. The summed E-state index contributed by atoms with van der Waals surface area (Å²) in [5.41, 5.74) is -0.790. The molecule has 3 atom stereocenters. The number of nitrogens with one attached hydrogen (secondary N) is 1.